The number of allylic oxidation sites excluding steroid dienone is 2. The van der Waals surface area contributed by atoms with Gasteiger partial charge < -0.3 is 26.2 Å². The first-order valence-electron chi connectivity index (χ1n) is 9.99. The number of phenolic OH excluding ortho intramolecular Hbond substituents is 1. The Morgan fingerprint density at radius 2 is 1.75 bits per heavy atom. The predicted molar refractivity (Wildman–Crippen MR) is 121 cm³/mol. The molecule has 0 radical (unpaired) electrons. The van der Waals surface area contributed by atoms with Gasteiger partial charge in [-0.25, -0.2) is 4.79 Å². The van der Waals surface area contributed by atoms with Crippen LogP contribution in [-0.4, -0.2) is 60.9 Å². The van der Waals surface area contributed by atoms with Gasteiger partial charge in [0, 0.05) is 4.75 Å². The lowest BCUT2D eigenvalue weighted by Crippen LogP contribution is -2.71. The van der Waals surface area contributed by atoms with Gasteiger partial charge in [0.15, 0.2) is 5.78 Å². The van der Waals surface area contributed by atoms with Gasteiger partial charge in [-0.1, -0.05) is 17.7 Å². The molecule has 2 aliphatic heterocycles. The number of hydrogen-bond donors (Lipinski definition) is 4. The van der Waals surface area contributed by atoms with Crippen LogP contribution < -0.4 is 11.1 Å². The number of nitrogens with one attached hydrogen (secondary N) is 1. The highest BCUT2D eigenvalue weighted by Gasteiger charge is 2.64. The van der Waals surface area contributed by atoms with E-state index in [9.17, 15) is 29.4 Å². The van der Waals surface area contributed by atoms with Crippen molar-refractivity contribution in [1.29, 1.82) is 0 Å². The normalized spacial score (nSPS) is 23.6. The van der Waals surface area contributed by atoms with Crippen LogP contribution in [0.25, 0.3) is 0 Å². The average Bonchev–Trinajstić information content (AvgIpc) is 2.93. The number of amides is 2. The number of carboxylic acids is 1. The Labute approximate surface area is 191 Å². The van der Waals surface area contributed by atoms with E-state index in [-0.39, 0.29) is 11.5 Å². The highest BCUT2D eigenvalue weighted by atomic mass is 32.2. The molecular formula is C22H29N3O6S. The van der Waals surface area contributed by atoms with Crippen LogP contribution in [0.15, 0.2) is 35.9 Å². The number of carbonyl (C=O) groups is 4. The van der Waals surface area contributed by atoms with Crippen molar-refractivity contribution in [3.8, 4) is 5.75 Å². The van der Waals surface area contributed by atoms with Crippen molar-refractivity contribution in [1.82, 2.24) is 10.2 Å². The second kappa shape index (κ2) is 9.74. The number of phenols is 1. The Morgan fingerprint density at radius 3 is 2.19 bits per heavy atom. The summed E-state index contributed by atoms with van der Waals surface area (Å²) in [6.07, 6.45) is 1.61. The summed E-state index contributed by atoms with van der Waals surface area (Å²) >= 11 is 1.35. The fourth-order valence-corrected chi connectivity index (χ4v) is 5.25. The number of benzene rings is 1. The maximum Gasteiger partial charge on any atom is 0.327 e. The van der Waals surface area contributed by atoms with E-state index in [4.69, 9.17) is 5.73 Å². The van der Waals surface area contributed by atoms with Gasteiger partial charge >= 0.3 is 5.97 Å². The number of hydrogen-bond acceptors (Lipinski definition) is 7. The third-order valence-corrected chi connectivity index (χ3v) is 6.57. The first-order valence-corrected chi connectivity index (χ1v) is 10.9. The molecule has 2 aliphatic rings. The number of ketones is 1. The molecule has 0 unspecified atom stereocenters. The van der Waals surface area contributed by atoms with Gasteiger partial charge in [-0.3, -0.25) is 14.4 Å². The van der Waals surface area contributed by atoms with Crippen molar-refractivity contribution in [2.75, 3.05) is 0 Å². The second-order valence-electron chi connectivity index (χ2n) is 8.49. The third kappa shape index (κ3) is 5.49. The van der Waals surface area contributed by atoms with Crippen molar-refractivity contribution in [2.24, 2.45) is 5.73 Å². The van der Waals surface area contributed by atoms with E-state index in [0.29, 0.717) is 5.56 Å². The fraction of sp³-hybridized carbons (Fsp3) is 0.455. The zero-order chi connectivity index (χ0) is 24.4. The number of aromatic hydroxyl groups is 1. The van der Waals surface area contributed by atoms with Crippen LogP contribution in [0.5, 0.6) is 5.75 Å². The van der Waals surface area contributed by atoms with Gasteiger partial charge in [0.25, 0.3) is 0 Å². The molecular weight excluding hydrogens is 434 g/mol. The number of rotatable bonds is 5. The van der Waals surface area contributed by atoms with Gasteiger partial charge in [0.1, 0.15) is 29.2 Å². The van der Waals surface area contributed by atoms with E-state index in [1.807, 2.05) is 13.8 Å². The van der Waals surface area contributed by atoms with Gasteiger partial charge in [0.2, 0.25) is 11.8 Å². The molecule has 0 bridgehead atoms. The lowest BCUT2D eigenvalue weighted by atomic mass is 9.95. The van der Waals surface area contributed by atoms with E-state index in [2.05, 4.69) is 5.32 Å². The van der Waals surface area contributed by atoms with Crippen molar-refractivity contribution in [3.05, 3.63) is 41.5 Å². The Bertz CT molecular complexity index is 939. The summed E-state index contributed by atoms with van der Waals surface area (Å²) in [5.41, 5.74) is 7.47. The van der Waals surface area contributed by atoms with Crippen LogP contribution in [0.2, 0.25) is 0 Å². The molecule has 174 valence electrons. The Balaban J connectivity index is 0.000000451. The molecule has 3 rings (SSSR count). The summed E-state index contributed by atoms with van der Waals surface area (Å²) < 4.78 is -0.648. The zero-order valence-electron chi connectivity index (χ0n) is 18.7. The minimum absolute atomic E-state index is 0.0606. The zero-order valence-corrected chi connectivity index (χ0v) is 19.5. The smallest absolute Gasteiger partial charge is 0.327 e. The first-order chi connectivity index (χ1) is 14.8. The van der Waals surface area contributed by atoms with Gasteiger partial charge in [-0.2, -0.15) is 0 Å². The van der Waals surface area contributed by atoms with E-state index >= 15 is 0 Å². The second-order valence-corrected chi connectivity index (χ2v) is 10.3. The topological polar surface area (TPSA) is 150 Å². The summed E-state index contributed by atoms with van der Waals surface area (Å²) in [6.45, 7) is 8.89. The van der Waals surface area contributed by atoms with Gasteiger partial charge in [0.05, 0.1) is 0 Å². The number of nitrogens with zero attached hydrogens (tertiary/aromatic N) is 1. The Hall–Kier alpha value is -2.85. The molecule has 10 heteroatoms. The first kappa shape index (κ1) is 25.4. The van der Waals surface area contributed by atoms with E-state index in [1.54, 1.807) is 26.8 Å². The van der Waals surface area contributed by atoms with E-state index in [1.165, 1.54) is 40.9 Å². The molecule has 1 aromatic carbocycles. The molecule has 0 aliphatic carbocycles. The number of aliphatic carboxylic acids is 1. The number of carbonyl (C=O) groups excluding carboxylic acids is 3. The fourth-order valence-electron chi connectivity index (χ4n) is 3.63. The van der Waals surface area contributed by atoms with Gasteiger partial charge in [-0.05, 0) is 58.4 Å². The van der Waals surface area contributed by atoms with Crippen molar-refractivity contribution < 1.29 is 29.4 Å². The van der Waals surface area contributed by atoms with Crippen LogP contribution in [0.1, 0.15) is 46.2 Å². The van der Waals surface area contributed by atoms with Gasteiger partial charge in [-0.15, -0.1) is 11.8 Å². The maximum absolute atomic E-state index is 12.3. The number of thioether (sulfide) groups is 1. The molecule has 2 heterocycles. The summed E-state index contributed by atoms with van der Waals surface area (Å²) in [6, 6.07) is 3.21. The molecule has 5 N–H and O–H groups in total. The lowest BCUT2D eigenvalue weighted by molar-refractivity contribution is -0.161. The summed E-state index contributed by atoms with van der Waals surface area (Å²) in [5, 5.41) is 20.9. The largest absolute Gasteiger partial charge is 0.508 e. The van der Waals surface area contributed by atoms with E-state index in [0.717, 1.165) is 5.57 Å². The highest BCUT2D eigenvalue weighted by molar-refractivity contribution is 8.01. The van der Waals surface area contributed by atoms with Crippen molar-refractivity contribution in [3.63, 3.8) is 0 Å². The molecule has 1 aromatic rings. The molecule has 2 fully saturated rings. The van der Waals surface area contributed by atoms with Crippen molar-refractivity contribution in [2.45, 2.75) is 62.9 Å². The van der Waals surface area contributed by atoms with Crippen LogP contribution in [0, 0.1) is 0 Å². The van der Waals surface area contributed by atoms with Crippen LogP contribution in [0.3, 0.4) is 0 Å². The van der Waals surface area contributed by atoms with Crippen LogP contribution in [-0.2, 0) is 19.2 Å². The molecule has 2 saturated heterocycles. The third-order valence-electron chi connectivity index (χ3n) is 5.00. The molecule has 2 amide bonds. The number of β-lactam (4-membered cyclic amide) rings is 1. The monoisotopic (exact) mass is 463 g/mol. The lowest BCUT2D eigenvalue weighted by Gasteiger charge is -2.43. The number of nitrogens with two attached hydrogens (primary N) is 1. The summed E-state index contributed by atoms with van der Waals surface area (Å²) in [4.78, 5) is 47.6. The Morgan fingerprint density at radius 1 is 1.19 bits per heavy atom. The molecule has 0 spiro atoms. The standard InChI is InChI=1S/C16H19N3O5S.C6H10O/c1-16(2)11(15(23)24)19-13(22)10(14(19)25-16)18-12(21)9(17)7-3-5-8(20)6-4-7;1-5(2)4-6(3)7/h3-6,9-11,14,20H,17H2,1-2H3,(H,18,21)(H,23,24);4H,1-3H3/t9-,10-,11+,14-;/m1./s1. The molecule has 32 heavy (non-hydrogen) atoms. The predicted octanol–water partition coefficient (Wildman–Crippen LogP) is 1.57. The van der Waals surface area contributed by atoms with Crippen molar-refractivity contribution >= 4 is 35.3 Å². The minimum atomic E-state index is -1.06. The van der Waals surface area contributed by atoms with Crippen LogP contribution >= 0.6 is 11.8 Å². The molecule has 0 aromatic heterocycles. The maximum atomic E-state index is 12.3. The molecule has 0 saturated carbocycles. The Kier molecular flexibility index (Phi) is 7.74. The molecule has 4 atom stereocenters. The van der Waals surface area contributed by atoms with Crippen LogP contribution in [0.4, 0.5) is 0 Å². The summed E-state index contributed by atoms with van der Waals surface area (Å²) in [7, 11) is 0. The molecule has 9 nitrogen and oxygen atoms in total. The summed E-state index contributed by atoms with van der Waals surface area (Å²) in [5.74, 6) is -1.81. The minimum Gasteiger partial charge on any atom is -0.508 e. The quantitative estimate of drug-likeness (QED) is 0.380. The average molecular weight is 464 g/mol. The number of fused-ring (bicyclic) bond motifs is 1. The SMILES string of the molecule is CC(=O)C=C(C)C.CC1(C)S[C@@H]2[C@H](NC(=O)[C@H](N)c3ccc(O)cc3)C(=O)N2[C@H]1C(=O)O. The highest BCUT2D eigenvalue weighted by Crippen LogP contribution is 2.50. The number of carboxylic acid groups (broad SMARTS) is 1. The van der Waals surface area contributed by atoms with E-state index < -0.39 is 46.0 Å².